The van der Waals surface area contributed by atoms with Gasteiger partial charge in [0.1, 0.15) is 5.00 Å². The van der Waals surface area contributed by atoms with Gasteiger partial charge in [0.15, 0.2) is 0 Å². The minimum Gasteiger partial charge on any atom is -0.313 e. The second-order valence-electron chi connectivity index (χ2n) is 10.5. The molecule has 0 spiro atoms. The summed E-state index contributed by atoms with van der Waals surface area (Å²) in [6.45, 7) is 5.46. The number of hydrogen-bond acceptors (Lipinski definition) is 9. The molecule has 0 radical (unpaired) electrons. The second kappa shape index (κ2) is 13.1. The van der Waals surface area contributed by atoms with Gasteiger partial charge in [-0.1, -0.05) is 30.3 Å². The summed E-state index contributed by atoms with van der Waals surface area (Å²) in [6.07, 6.45) is 2.55. The van der Waals surface area contributed by atoms with Crippen LogP contribution in [0.5, 0.6) is 0 Å². The number of hydrogen-bond donors (Lipinski definition) is 3. The number of anilines is 1. The lowest BCUT2D eigenvalue weighted by atomic mass is 10.0. The first-order valence-corrected chi connectivity index (χ1v) is 16.3. The van der Waals surface area contributed by atoms with Crippen molar-refractivity contribution in [2.75, 3.05) is 25.0 Å². The van der Waals surface area contributed by atoms with Crippen LogP contribution in [-0.2, 0) is 29.5 Å². The van der Waals surface area contributed by atoms with E-state index in [2.05, 4.69) is 27.4 Å². The Labute approximate surface area is 260 Å². The van der Waals surface area contributed by atoms with Gasteiger partial charge in [-0.3, -0.25) is 14.5 Å². The zero-order chi connectivity index (χ0) is 31.4. The van der Waals surface area contributed by atoms with Crippen molar-refractivity contribution in [1.29, 1.82) is 10.8 Å². The van der Waals surface area contributed by atoms with E-state index in [0.717, 1.165) is 46.0 Å². The summed E-state index contributed by atoms with van der Waals surface area (Å²) in [5.41, 5.74) is 4.17. The van der Waals surface area contributed by atoms with Crippen molar-refractivity contribution >= 4 is 50.6 Å². The normalized spacial score (nSPS) is 13.4. The van der Waals surface area contributed by atoms with Crippen molar-refractivity contribution in [3.63, 3.8) is 0 Å². The number of nitrogens with zero attached hydrogens (tertiary/aromatic N) is 4. The first kappa shape index (κ1) is 31.1. The number of rotatable bonds is 11. The summed E-state index contributed by atoms with van der Waals surface area (Å²) in [6, 6.07) is 17.5. The van der Waals surface area contributed by atoms with Crippen molar-refractivity contribution in [2.45, 2.75) is 38.3 Å². The predicted molar refractivity (Wildman–Crippen MR) is 171 cm³/mol. The van der Waals surface area contributed by atoms with E-state index in [-0.39, 0.29) is 29.5 Å². The van der Waals surface area contributed by atoms with E-state index in [4.69, 9.17) is 10.8 Å². The topological polar surface area (TPSA) is 152 Å². The number of carbonyl (C=O) groups excluding carboxylic acids is 2. The molecule has 0 fully saturated rings. The largest absolute Gasteiger partial charge is 0.313 e. The fourth-order valence-corrected chi connectivity index (χ4v) is 7.86. The number of sulfonamides is 1. The monoisotopic (exact) mass is 631 g/mol. The molecule has 2 aromatic heterocycles. The molecule has 0 aliphatic carbocycles. The van der Waals surface area contributed by atoms with E-state index in [1.54, 1.807) is 0 Å². The van der Waals surface area contributed by atoms with Gasteiger partial charge < -0.3 is 16.1 Å². The van der Waals surface area contributed by atoms with Gasteiger partial charge in [-0.2, -0.15) is 9.40 Å². The summed E-state index contributed by atoms with van der Waals surface area (Å²) in [4.78, 5) is 30.6. The third-order valence-electron chi connectivity index (χ3n) is 7.37. The van der Waals surface area contributed by atoms with Crippen LogP contribution < -0.4 is 5.32 Å². The van der Waals surface area contributed by atoms with Gasteiger partial charge in [0.05, 0.1) is 16.2 Å². The van der Waals surface area contributed by atoms with Crippen LogP contribution in [0.25, 0.3) is 0 Å². The summed E-state index contributed by atoms with van der Waals surface area (Å²) in [7, 11) is -3.97. The van der Waals surface area contributed by atoms with Gasteiger partial charge in [0.25, 0.3) is 11.8 Å². The molecule has 228 valence electrons. The molecule has 4 aromatic rings. The lowest BCUT2D eigenvalue weighted by molar-refractivity contribution is 0.0942. The maximum Gasteiger partial charge on any atom is 0.281 e. The van der Waals surface area contributed by atoms with Crippen LogP contribution in [-0.4, -0.2) is 71.3 Å². The van der Waals surface area contributed by atoms with E-state index < -0.39 is 15.9 Å². The van der Waals surface area contributed by atoms with Crippen molar-refractivity contribution in [3.8, 4) is 0 Å². The first-order valence-electron chi connectivity index (χ1n) is 14.0. The molecule has 1 aliphatic rings. The molecule has 0 unspecified atom stereocenters. The third kappa shape index (κ3) is 6.45. The molecule has 1 amide bonds. The summed E-state index contributed by atoms with van der Waals surface area (Å²) < 4.78 is 28.4. The van der Waals surface area contributed by atoms with Crippen molar-refractivity contribution in [3.05, 3.63) is 99.2 Å². The molecular weight excluding hydrogens is 599 g/mol. The summed E-state index contributed by atoms with van der Waals surface area (Å²) in [5, 5.41) is 22.3. The highest BCUT2D eigenvalue weighted by Crippen LogP contribution is 2.38. The lowest BCUT2D eigenvalue weighted by Crippen LogP contribution is -2.34. The number of carbonyl (C=O) groups is 2. The van der Waals surface area contributed by atoms with Crippen LogP contribution in [0.2, 0.25) is 0 Å². The minimum atomic E-state index is -3.97. The maximum absolute atomic E-state index is 13.9. The van der Waals surface area contributed by atoms with Crippen LogP contribution >= 0.6 is 11.3 Å². The third-order valence-corrected chi connectivity index (χ3v) is 10.4. The number of nitrogens with one attached hydrogen (secondary N) is 3. The molecule has 44 heavy (non-hydrogen) atoms. The predicted octanol–water partition coefficient (Wildman–Crippen LogP) is 4.35. The van der Waals surface area contributed by atoms with Crippen LogP contribution in [0.3, 0.4) is 0 Å². The smallest absolute Gasteiger partial charge is 0.281 e. The lowest BCUT2D eigenvalue weighted by Gasteiger charge is -2.27. The number of amides is 1. The summed E-state index contributed by atoms with van der Waals surface area (Å²) in [5.74, 6) is -0.786. The second-order valence-corrected chi connectivity index (χ2v) is 13.6. The number of aromatic nitrogens is 2. The van der Waals surface area contributed by atoms with E-state index in [1.807, 2.05) is 38.1 Å². The standard InChI is InChI=1S/C31H33N7O4S2/c1-21-18-22(2)38(35-21)31(40)28-26-12-15-36(19-23-6-4-3-5-7-23)20-27(26)43-30(28)34-29(39)24-8-10-25(11-9-24)44(41,42)37(16-13-32)17-14-33/h3-11,13-14,18,32-33H,12,15-17,19-20H2,1-2H3,(H,34,39). The SMILES string of the molecule is Cc1cc(C)n(C(=O)c2c(NC(=O)c3ccc(S(=O)(=O)N(CC=N)CC=N)cc3)sc3c2CCN(Cc2ccccc2)C3)n1. The highest BCUT2D eigenvalue weighted by Gasteiger charge is 2.31. The molecule has 0 saturated heterocycles. The van der Waals surface area contributed by atoms with Gasteiger partial charge in [0, 0.05) is 61.3 Å². The van der Waals surface area contributed by atoms with Crippen molar-refractivity contribution in [1.82, 2.24) is 19.0 Å². The fourth-order valence-electron chi connectivity index (χ4n) is 5.26. The van der Waals surface area contributed by atoms with E-state index in [9.17, 15) is 18.0 Å². The highest BCUT2D eigenvalue weighted by molar-refractivity contribution is 7.89. The Balaban J connectivity index is 1.43. The Morgan fingerprint density at radius 3 is 2.34 bits per heavy atom. The molecule has 0 bridgehead atoms. The molecule has 3 N–H and O–H groups in total. The number of thiophene rings is 1. The molecule has 0 atom stereocenters. The highest BCUT2D eigenvalue weighted by atomic mass is 32.2. The van der Waals surface area contributed by atoms with E-state index in [0.29, 0.717) is 29.2 Å². The average Bonchev–Trinajstić information content (AvgIpc) is 3.54. The Bertz CT molecular complexity index is 1800. The number of benzene rings is 2. The van der Waals surface area contributed by atoms with Crippen LogP contribution in [0, 0.1) is 24.7 Å². The van der Waals surface area contributed by atoms with Crippen molar-refractivity contribution < 1.29 is 18.0 Å². The maximum atomic E-state index is 13.9. The number of aryl methyl sites for hydroxylation is 2. The first-order chi connectivity index (χ1) is 21.1. The van der Waals surface area contributed by atoms with Crippen LogP contribution in [0.1, 0.15) is 48.1 Å². The van der Waals surface area contributed by atoms with Gasteiger partial charge in [-0.25, -0.2) is 13.1 Å². The van der Waals surface area contributed by atoms with E-state index >= 15 is 0 Å². The van der Waals surface area contributed by atoms with Crippen LogP contribution in [0.4, 0.5) is 5.00 Å². The molecule has 3 heterocycles. The Hall–Kier alpha value is -4.30. The van der Waals surface area contributed by atoms with Crippen molar-refractivity contribution in [2.24, 2.45) is 0 Å². The zero-order valence-corrected chi connectivity index (χ0v) is 26.0. The Kier molecular flexibility index (Phi) is 9.30. The molecule has 13 heteroatoms. The fraction of sp³-hybridized carbons (Fsp3) is 0.258. The molecule has 0 saturated carbocycles. The van der Waals surface area contributed by atoms with Gasteiger partial charge in [0.2, 0.25) is 10.0 Å². The van der Waals surface area contributed by atoms with E-state index in [1.165, 1.54) is 45.8 Å². The van der Waals surface area contributed by atoms with Gasteiger partial charge >= 0.3 is 0 Å². The average molecular weight is 632 g/mol. The van der Waals surface area contributed by atoms with Crippen LogP contribution in [0.15, 0.2) is 65.6 Å². The molecular formula is C31H33N7O4S2. The Morgan fingerprint density at radius 1 is 1.05 bits per heavy atom. The Morgan fingerprint density at radius 2 is 1.73 bits per heavy atom. The quantitative estimate of drug-likeness (QED) is 0.209. The van der Waals surface area contributed by atoms with Gasteiger partial charge in [-0.15, -0.1) is 11.3 Å². The van der Waals surface area contributed by atoms with Gasteiger partial charge in [-0.05, 0) is 61.7 Å². The minimum absolute atomic E-state index is 0.0526. The summed E-state index contributed by atoms with van der Waals surface area (Å²) >= 11 is 1.38. The number of fused-ring (bicyclic) bond motifs is 1. The molecule has 1 aliphatic heterocycles. The molecule has 5 rings (SSSR count). The zero-order valence-electron chi connectivity index (χ0n) is 24.4. The molecule has 11 nitrogen and oxygen atoms in total. The molecule has 2 aromatic carbocycles.